The molecule has 4 aliphatic rings. The molecule has 0 aliphatic carbocycles. The molecule has 0 amide bonds. The van der Waals surface area contributed by atoms with Crippen molar-refractivity contribution in [3.63, 3.8) is 0 Å². The van der Waals surface area contributed by atoms with E-state index in [9.17, 15) is 49.5 Å². The van der Waals surface area contributed by atoms with Gasteiger partial charge in [-0.05, 0) is 18.6 Å². The van der Waals surface area contributed by atoms with Crippen molar-refractivity contribution in [2.45, 2.75) is 88.8 Å². The number of aliphatic hydroxyl groups excluding tert-OH is 4. The number of benzene rings is 1. The van der Waals surface area contributed by atoms with Crippen molar-refractivity contribution in [2.24, 2.45) is 17.8 Å². The molecule has 54 heavy (non-hydrogen) atoms. The fraction of sp³-hybridized carbons (Fsp3) is 0.571. The van der Waals surface area contributed by atoms with Gasteiger partial charge < -0.3 is 68.2 Å². The van der Waals surface area contributed by atoms with Crippen molar-refractivity contribution in [1.29, 1.82) is 0 Å². The van der Waals surface area contributed by atoms with E-state index in [1.807, 2.05) is 0 Å². The molecule has 19 heteroatoms. The number of carbonyl (C=O) groups is 5. The van der Waals surface area contributed by atoms with E-state index in [-0.39, 0.29) is 12.2 Å². The Morgan fingerprint density at radius 1 is 0.907 bits per heavy atom. The number of hydrogen-bond donors (Lipinski definition) is 5. The minimum absolute atomic E-state index is 0.123. The van der Waals surface area contributed by atoms with Gasteiger partial charge in [-0.25, -0.2) is 4.79 Å². The van der Waals surface area contributed by atoms with E-state index in [2.05, 4.69) is 6.58 Å². The molecule has 5 rings (SSSR count). The third-order valence-electron chi connectivity index (χ3n) is 9.31. The first-order chi connectivity index (χ1) is 25.7. The van der Waals surface area contributed by atoms with Crippen LogP contribution in [0.5, 0.6) is 11.5 Å². The summed E-state index contributed by atoms with van der Waals surface area (Å²) in [5, 5.41) is 51.6. The quantitative estimate of drug-likeness (QED) is 0.0750. The van der Waals surface area contributed by atoms with Gasteiger partial charge in [-0.3, -0.25) is 19.2 Å². The Bertz CT molecular complexity index is 1620. The van der Waals surface area contributed by atoms with Crippen LogP contribution in [0, 0.1) is 17.8 Å². The number of esters is 4. The van der Waals surface area contributed by atoms with E-state index < -0.39 is 139 Å². The number of ether oxygens (including phenoxy) is 9. The molecular weight excluding hydrogens is 724 g/mol. The molecule has 1 aromatic rings. The van der Waals surface area contributed by atoms with Gasteiger partial charge in [0.15, 0.2) is 29.5 Å². The van der Waals surface area contributed by atoms with Crippen molar-refractivity contribution in [1.82, 2.24) is 0 Å². The smallest absolute Gasteiger partial charge is 0.337 e. The summed E-state index contributed by atoms with van der Waals surface area (Å²) in [5.74, 6) is -8.24. The van der Waals surface area contributed by atoms with Crippen LogP contribution in [-0.4, -0.2) is 137 Å². The molecule has 296 valence electrons. The number of hydrogen-bond acceptors (Lipinski definition) is 19. The number of rotatable bonds is 12. The Balaban J connectivity index is 1.51. The highest BCUT2D eigenvalue weighted by Gasteiger charge is 2.56. The maximum atomic E-state index is 14.5. The summed E-state index contributed by atoms with van der Waals surface area (Å²) in [6, 6.07) is 3.62. The lowest BCUT2D eigenvalue weighted by atomic mass is 9.80. The molecule has 0 bridgehead atoms. The normalized spacial score (nSPS) is 34.8. The second-order valence-electron chi connectivity index (χ2n) is 12.9. The lowest BCUT2D eigenvalue weighted by Gasteiger charge is -2.46. The molecule has 0 unspecified atom stereocenters. The fourth-order valence-electron chi connectivity index (χ4n) is 6.76. The Labute approximate surface area is 307 Å². The van der Waals surface area contributed by atoms with Crippen molar-refractivity contribution in [3.05, 3.63) is 48.3 Å². The standard InChI is InChI=1S/C35H42O19/c1-5-17-18-9-10-46-32(45)20(18)12-48-33(17)54-35-31(50-16(4)39)30(49-15(3)38)24(23(53-35)13-47-14(2)37)26(41)19-7-6-8-21(25(19)40)51-34-29(44)28(43)27(42)22(11-36)52-34/h5-8,12,17-18,22-24,27-31,33-36,40,42-44H,1,9-11,13H2,2-4H3/t17-,18+,22-,23-,24+,27-,28-,29-,30-,31-,33+,34-,35+/m1/s1. The first-order valence-corrected chi connectivity index (χ1v) is 16.9. The van der Waals surface area contributed by atoms with Crippen LogP contribution in [0.2, 0.25) is 0 Å². The number of phenols is 1. The predicted molar refractivity (Wildman–Crippen MR) is 174 cm³/mol. The second kappa shape index (κ2) is 17.2. The zero-order chi connectivity index (χ0) is 39.4. The van der Waals surface area contributed by atoms with Gasteiger partial charge >= 0.3 is 23.9 Å². The Hall–Kier alpha value is -4.63. The highest BCUT2D eigenvalue weighted by atomic mass is 16.8. The van der Waals surface area contributed by atoms with Gasteiger partial charge in [-0.2, -0.15) is 0 Å². The topological polar surface area (TPSA) is 270 Å². The summed E-state index contributed by atoms with van der Waals surface area (Å²) >= 11 is 0. The van der Waals surface area contributed by atoms with Gasteiger partial charge in [0.25, 0.3) is 0 Å². The number of aromatic hydroxyl groups is 1. The van der Waals surface area contributed by atoms with Crippen molar-refractivity contribution in [3.8, 4) is 11.5 Å². The number of Topliss-reactive ketones (excluding diaryl/α,β-unsaturated/α-hetero) is 1. The largest absolute Gasteiger partial charge is 0.504 e. The molecule has 4 heterocycles. The summed E-state index contributed by atoms with van der Waals surface area (Å²) in [6.45, 7) is 5.73. The number of carbonyl (C=O) groups excluding carboxylic acids is 5. The van der Waals surface area contributed by atoms with Gasteiger partial charge in [0.1, 0.15) is 37.1 Å². The van der Waals surface area contributed by atoms with E-state index in [0.29, 0.717) is 6.42 Å². The van der Waals surface area contributed by atoms with Crippen LogP contribution in [0.1, 0.15) is 37.6 Å². The van der Waals surface area contributed by atoms with Gasteiger partial charge in [0, 0.05) is 32.6 Å². The van der Waals surface area contributed by atoms with Crippen LogP contribution in [-0.2, 0) is 57.1 Å². The van der Waals surface area contributed by atoms with Crippen LogP contribution in [0.3, 0.4) is 0 Å². The summed E-state index contributed by atoms with van der Waals surface area (Å²) in [6.07, 6.45) is -13.2. The number of phenolic OH excluding ortho intramolecular Hbond substituents is 1. The number of aliphatic hydroxyl groups is 4. The molecule has 1 aromatic carbocycles. The number of para-hydroxylation sites is 1. The van der Waals surface area contributed by atoms with Crippen LogP contribution >= 0.6 is 0 Å². The molecule has 3 saturated heterocycles. The van der Waals surface area contributed by atoms with Crippen molar-refractivity contribution >= 4 is 29.7 Å². The van der Waals surface area contributed by atoms with Gasteiger partial charge in [-0.15, -0.1) is 6.58 Å². The predicted octanol–water partition coefficient (Wildman–Crippen LogP) is -0.857. The summed E-state index contributed by atoms with van der Waals surface area (Å²) in [4.78, 5) is 63.9. The molecular formula is C35H42O19. The molecule has 19 nitrogen and oxygen atoms in total. The third kappa shape index (κ3) is 8.51. The first kappa shape index (κ1) is 40.6. The molecule has 13 atom stereocenters. The Morgan fingerprint density at radius 2 is 1.59 bits per heavy atom. The van der Waals surface area contributed by atoms with Crippen molar-refractivity contribution < 1.29 is 92.1 Å². The van der Waals surface area contributed by atoms with Gasteiger partial charge in [-0.1, -0.05) is 12.1 Å². The lowest BCUT2D eigenvalue weighted by molar-refractivity contribution is -0.330. The Morgan fingerprint density at radius 3 is 2.24 bits per heavy atom. The maximum absolute atomic E-state index is 14.5. The average molecular weight is 767 g/mol. The molecule has 0 saturated carbocycles. The minimum atomic E-state index is -1.86. The average Bonchev–Trinajstić information content (AvgIpc) is 3.12. The van der Waals surface area contributed by atoms with E-state index in [1.165, 1.54) is 30.5 Å². The van der Waals surface area contributed by atoms with E-state index in [0.717, 1.165) is 20.8 Å². The summed E-state index contributed by atoms with van der Waals surface area (Å²) in [5.41, 5.74) is -0.221. The van der Waals surface area contributed by atoms with Gasteiger partial charge in [0.05, 0.1) is 36.5 Å². The molecule has 0 radical (unpaired) electrons. The third-order valence-corrected chi connectivity index (χ3v) is 9.31. The zero-order valence-corrected chi connectivity index (χ0v) is 29.4. The van der Waals surface area contributed by atoms with Gasteiger partial charge in [0.2, 0.25) is 18.9 Å². The second-order valence-corrected chi connectivity index (χ2v) is 12.9. The molecule has 5 N–H and O–H groups in total. The Kier molecular flexibility index (Phi) is 12.9. The minimum Gasteiger partial charge on any atom is -0.504 e. The lowest BCUT2D eigenvalue weighted by Crippen LogP contribution is -2.62. The van der Waals surface area contributed by atoms with E-state index in [4.69, 9.17) is 42.6 Å². The molecule has 4 aliphatic heterocycles. The van der Waals surface area contributed by atoms with Crippen LogP contribution in [0.25, 0.3) is 0 Å². The molecule has 3 fully saturated rings. The van der Waals surface area contributed by atoms with Crippen LogP contribution in [0.4, 0.5) is 0 Å². The molecule has 0 aromatic heterocycles. The van der Waals surface area contributed by atoms with E-state index in [1.54, 1.807) is 0 Å². The highest BCUT2D eigenvalue weighted by molar-refractivity contribution is 6.02. The highest BCUT2D eigenvalue weighted by Crippen LogP contribution is 2.42. The fourth-order valence-corrected chi connectivity index (χ4v) is 6.76. The zero-order valence-electron chi connectivity index (χ0n) is 29.4. The number of fused-ring (bicyclic) bond motifs is 1. The summed E-state index contributed by atoms with van der Waals surface area (Å²) in [7, 11) is 0. The monoisotopic (exact) mass is 766 g/mol. The van der Waals surface area contributed by atoms with Crippen molar-refractivity contribution in [2.75, 3.05) is 19.8 Å². The van der Waals surface area contributed by atoms with Crippen LogP contribution < -0.4 is 4.74 Å². The summed E-state index contributed by atoms with van der Waals surface area (Å²) < 4.78 is 50.5. The SMILES string of the molecule is C=C[C@H]1[C@H](O[C@@H]2O[C@H](COC(C)=O)[C@@H](C(=O)c3cccc(O[C@@H]4O[C@H](CO)[C@@H](O)[C@@H](O)[C@H]4O)c3O)[C@@H](OC(C)=O)[C@H]2OC(C)=O)OC=C2C(=O)OCC[C@H]21. The van der Waals surface area contributed by atoms with E-state index >= 15 is 0 Å². The maximum Gasteiger partial charge on any atom is 0.337 e. The number of cyclic esters (lactones) is 1. The first-order valence-electron chi connectivity index (χ1n) is 16.9. The molecule has 0 spiro atoms. The number of ketones is 1. The van der Waals surface area contributed by atoms with Crippen LogP contribution in [0.15, 0.2) is 42.7 Å².